The van der Waals surface area contributed by atoms with Crippen LogP contribution in [0.4, 0.5) is 0 Å². The molecule has 0 atom stereocenters. The van der Waals surface area contributed by atoms with Crippen molar-refractivity contribution in [3.8, 4) is 0 Å². The minimum atomic E-state index is 0. The molecule has 0 fully saturated rings. The summed E-state index contributed by atoms with van der Waals surface area (Å²) in [6, 6.07) is 0. The van der Waals surface area contributed by atoms with Gasteiger partial charge < -0.3 is 4.98 Å². The van der Waals surface area contributed by atoms with Crippen molar-refractivity contribution >= 4 is 11.3 Å². The Bertz CT molecular complexity index is 195. The summed E-state index contributed by atoms with van der Waals surface area (Å²) in [5.41, 5.74) is 0. The first kappa shape index (κ1) is 11.4. The van der Waals surface area contributed by atoms with Crippen molar-refractivity contribution in [2.75, 3.05) is 0 Å². The van der Waals surface area contributed by atoms with Crippen molar-refractivity contribution in [2.45, 2.75) is 26.7 Å². The summed E-state index contributed by atoms with van der Waals surface area (Å²) in [7, 11) is 0. The van der Waals surface area contributed by atoms with Gasteiger partial charge in [0, 0.05) is 0 Å². The van der Waals surface area contributed by atoms with Crippen LogP contribution in [-0.4, -0.2) is 4.98 Å². The van der Waals surface area contributed by atoms with E-state index in [2.05, 4.69) is 25.0 Å². The van der Waals surface area contributed by atoms with E-state index in [1.807, 2.05) is 6.92 Å². The van der Waals surface area contributed by atoms with E-state index >= 15 is 0 Å². The zero-order valence-corrected chi connectivity index (χ0v) is 12.7. The average Bonchev–Trinajstić information content (AvgIpc) is 2.14. The van der Waals surface area contributed by atoms with Gasteiger partial charge >= 0.3 is 58.2 Å². The molecule has 50 valence electrons. The minimum absolute atomic E-state index is 0. The Morgan fingerprint density at radius 2 is 2.10 bits per heavy atom. The number of aromatic nitrogens is 1. The van der Waals surface area contributed by atoms with E-state index in [4.69, 9.17) is 0 Å². The molecule has 0 aromatic carbocycles. The molecule has 0 spiro atoms. The molecule has 0 radical (unpaired) electrons. The molecule has 0 bridgehead atoms. The number of hydrogen-bond acceptors (Lipinski definition) is 2. The molecule has 3 heteroatoms. The fraction of sp³-hybridized carbons (Fsp3) is 0.571. The number of hydrogen-bond donors (Lipinski definition) is 0. The third kappa shape index (κ3) is 3.22. The van der Waals surface area contributed by atoms with Gasteiger partial charge in [-0.25, -0.2) is 11.3 Å². The van der Waals surface area contributed by atoms with E-state index in [0.717, 1.165) is 0 Å². The van der Waals surface area contributed by atoms with Crippen LogP contribution in [0.5, 0.6) is 0 Å². The second kappa shape index (κ2) is 5.15. The van der Waals surface area contributed by atoms with Crippen LogP contribution in [-0.2, 0) is 0 Å². The van der Waals surface area contributed by atoms with E-state index in [-0.39, 0.29) is 58.2 Å². The van der Waals surface area contributed by atoms with Crippen LogP contribution in [0, 0.1) is 13.1 Å². The standard InChI is InChI=1S/C7H10NS.Rb/c1-5(2)7-8-4-6(3)9-7;/h5H,1-3H3;/q-1;+1. The van der Waals surface area contributed by atoms with Gasteiger partial charge in [0.05, 0.1) is 0 Å². The van der Waals surface area contributed by atoms with E-state index < -0.39 is 0 Å². The Kier molecular flexibility index (Phi) is 5.89. The fourth-order valence-corrected chi connectivity index (χ4v) is 1.32. The summed E-state index contributed by atoms with van der Waals surface area (Å²) in [6.45, 7) is 6.32. The molecule has 0 aliphatic rings. The average molecular weight is 226 g/mol. The first-order valence-electron chi connectivity index (χ1n) is 3.05. The van der Waals surface area contributed by atoms with Crippen molar-refractivity contribution in [2.24, 2.45) is 0 Å². The van der Waals surface area contributed by atoms with E-state index in [1.54, 1.807) is 11.3 Å². The maximum Gasteiger partial charge on any atom is 1.00 e. The van der Waals surface area contributed by atoms with Crippen molar-refractivity contribution in [1.82, 2.24) is 4.98 Å². The summed E-state index contributed by atoms with van der Waals surface area (Å²) in [5.74, 6) is 0.556. The predicted octanol–water partition coefficient (Wildman–Crippen LogP) is -0.621. The molecule has 0 unspecified atom stereocenters. The van der Waals surface area contributed by atoms with Crippen LogP contribution >= 0.6 is 11.3 Å². The molecule has 1 aromatic rings. The molecule has 1 rings (SSSR count). The maximum atomic E-state index is 4.11. The Balaban J connectivity index is 0.000000810. The topological polar surface area (TPSA) is 12.9 Å². The molecular formula is C7H10NRbS. The van der Waals surface area contributed by atoms with Crippen LogP contribution in [0.25, 0.3) is 0 Å². The van der Waals surface area contributed by atoms with Gasteiger partial charge in [-0.2, -0.15) is 0 Å². The van der Waals surface area contributed by atoms with Gasteiger partial charge in [0.15, 0.2) is 0 Å². The SMILES string of the molecule is Cc1[c-]nc(C(C)C)s1.[Rb+]. The summed E-state index contributed by atoms with van der Waals surface area (Å²) in [4.78, 5) is 5.29. The van der Waals surface area contributed by atoms with Gasteiger partial charge in [0.25, 0.3) is 0 Å². The molecule has 1 heterocycles. The van der Waals surface area contributed by atoms with Crippen molar-refractivity contribution in [1.29, 1.82) is 0 Å². The molecule has 0 N–H and O–H groups in total. The molecule has 1 aromatic heterocycles. The predicted molar refractivity (Wildman–Crippen MR) is 39.8 cm³/mol. The summed E-state index contributed by atoms with van der Waals surface area (Å²) in [5, 5.41) is 1.19. The first-order valence-corrected chi connectivity index (χ1v) is 3.87. The Hall–Kier alpha value is 1.44. The monoisotopic (exact) mass is 225 g/mol. The molecule has 1 nitrogen and oxygen atoms in total. The quantitative estimate of drug-likeness (QED) is 0.581. The second-order valence-corrected chi connectivity index (χ2v) is 3.61. The number of nitrogens with zero attached hydrogens (tertiary/aromatic N) is 1. The first-order chi connectivity index (χ1) is 4.20. The van der Waals surface area contributed by atoms with Gasteiger partial charge in [0.1, 0.15) is 0 Å². The number of aryl methyl sites for hydroxylation is 1. The molecular weight excluding hydrogens is 216 g/mol. The maximum absolute atomic E-state index is 4.11. The number of thiazole rings is 1. The molecule has 10 heavy (non-hydrogen) atoms. The van der Waals surface area contributed by atoms with E-state index in [0.29, 0.717) is 5.92 Å². The van der Waals surface area contributed by atoms with Gasteiger partial charge in [0.2, 0.25) is 0 Å². The summed E-state index contributed by atoms with van der Waals surface area (Å²) >= 11 is 1.73. The second-order valence-electron chi connectivity index (χ2n) is 2.37. The zero-order valence-electron chi connectivity index (χ0n) is 6.93. The summed E-state index contributed by atoms with van der Waals surface area (Å²) in [6.07, 6.45) is 2.92. The van der Waals surface area contributed by atoms with Crippen LogP contribution in [0.3, 0.4) is 0 Å². The van der Waals surface area contributed by atoms with Gasteiger partial charge in [-0.15, -0.1) is 6.20 Å². The third-order valence-electron chi connectivity index (χ3n) is 1.08. The third-order valence-corrected chi connectivity index (χ3v) is 2.24. The smallest absolute Gasteiger partial charge is 0.445 e. The van der Waals surface area contributed by atoms with Crippen LogP contribution in [0.2, 0.25) is 0 Å². The normalized spacial score (nSPS) is 9.60. The van der Waals surface area contributed by atoms with Gasteiger partial charge in [-0.05, 0) is 6.92 Å². The Labute approximate surface area is 115 Å². The van der Waals surface area contributed by atoms with Gasteiger partial charge in [-0.1, -0.05) is 29.7 Å². The fourth-order valence-electron chi connectivity index (χ4n) is 0.583. The van der Waals surface area contributed by atoms with E-state index in [9.17, 15) is 0 Å². The molecule has 0 aliphatic heterocycles. The van der Waals surface area contributed by atoms with Crippen molar-refractivity contribution < 1.29 is 58.2 Å². The van der Waals surface area contributed by atoms with Crippen molar-refractivity contribution in [3.05, 3.63) is 16.1 Å². The van der Waals surface area contributed by atoms with Crippen molar-refractivity contribution in [3.63, 3.8) is 0 Å². The minimum Gasteiger partial charge on any atom is -0.445 e. The van der Waals surface area contributed by atoms with E-state index in [1.165, 1.54) is 9.88 Å². The van der Waals surface area contributed by atoms with Crippen LogP contribution < -0.4 is 58.2 Å². The zero-order chi connectivity index (χ0) is 6.85. The molecule has 0 aliphatic carbocycles. The summed E-state index contributed by atoms with van der Waals surface area (Å²) < 4.78 is 0. The largest absolute Gasteiger partial charge is 1.00 e. The van der Waals surface area contributed by atoms with Crippen LogP contribution in [0.1, 0.15) is 29.7 Å². The molecule has 0 saturated carbocycles. The molecule has 0 amide bonds. The molecule has 0 saturated heterocycles. The van der Waals surface area contributed by atoms with Gasteiger partial charge in [-0.3, -0.25) is 0 Å². The Morgan fingerprint density at radius 1 is 1.50 bits per heavy atom. The van der Waals surface area contributed by atoms with Crippen LogP contribution in [0.15, 0.2) is 0 Å². The Morgan fingerprint density at radius 3 is 2.30 bits per heavy atom. The number of rotatable bonds is 1.